The molecule has 1 aliphatic carbocycles. The molecule has 0 saturated carbocycles. The van der Waals surface area contributed by atoms with Crippen LogP contribution in [0.5, 0.6) is 0 Å². The Morgan fingerprint density at radius 2 is 1.35 bits per heavy atom. The maximum Gasteiger partial charge on any atom is 0.326 e. The molecule has 5 nitrogen and oxygen atoms in total. The molecule has 0 saturated heterocycles. The summed E-state index contributed by atoms with van der Waals surface area (Å²) in [5.41, 5.74) is 3.41. The van der Waals surface area contributed by atoms with Crippen LogP contribution in [0.3, 0.4) is 0 Å². The van der Waals surface area contributed by atoms with Crippen LogP contribution in [0.15, 0.2) is 91.0 Å². The van der Waals surface area contributed by atoms with Crippen LogP contribution in [0.25, 0.3) is 0 Å². The van der Waals surface area contributed by atoms with E-state index in [4.69, 9.17) is 23.2 Å². The lowest BCUT2D eigenvalue weighted by Crippen LogP contribution is -2.42. The van der Waals surface area contributed by atoms with Crippen molar-refractivity contribution < 1.29 is 19.5 Å². The van der Waals surface area contributed by atoms with E-state index in [1.54, 1.807) is 65.6 Å². The molecule has 184 valence electrons. The number of ketones is 2. The van der Waals surface area contributed by atoms with E-state index in [1.165, 1.54) is 0 Å². The second kappa shape index (κ2) is 10.2. The Morgan fingerprint density at radius 1 is 0.730 bits per heavy atom. The summed E-state index contributed by atoms with van der Waals surface area (Å²) in [6, 6.07) is 25.1. The monoisotopic (exact) mass is 529 g/mol. The molecule has 4 aromatic carbocycles. The lowest BCUT2D eigenvalue weighted by molar-refractivity contribution is -0.138. The molecule has 4 aromatic rings. The van der Waals surface area contributed by atoms with Crippen molar-refractivity contribution in [2.75, 3.05) is 4.90 Å². The lowest BCUT2D eigenvalue weighted by atomic mass is 9.83. The van der Waals surface area contributed by atoms with E-state index in [0.29, 0.717) is 43.5 Å². The molecule has 0 heterocycles. The van der Waals surface area contributed by atoms with Gasteiger partial charge >= 0.3 is 5.97 Å². The zero-order valence-corrected chi connectivity index (χ0v) is 21.0. The number of aliphatic carboxylic acids is 1. The molecule has 0 unspecified atom stereocenters. The number of fused-ring (bicyclic) bond motifs is 2. The first-order valence-corrected chi connectivity index (χ1v) is 12.4. The Kier molecular flexibility index (Phi) is 6.83. The van der Waals surface area contributed by atoms with Crippen molar-refractivity contribution in [1.29, 1.82) is 0 Å². The molecule has 37 heavy (non-hydrogen) atoms. The molecule has 1 aliphatic rings. The second-order valence-electron chi connectivity index (χ2n) is 8.85. The van der Waals surface area contributed by atoms with Crippen LogP contribution in [-0.4, -0.2) is 28.7 Å². The third-order valence-electron chi connectivity index (χ3n) is 6.49. The topological polar surface area (TPSA) is 74.7 Å². The number of carbonyl (C=O) groups excluding carboxylic acids is 2. The number of hydrogen-bond acceptors (Lipinski definition) is 4. The highest BCUT2D eigenvalue weighted by molar-refractivity contribution is 6.36. The lowest BCUT2D eigenvalue weighted by Gasteiger charge is -2.32. The molecule has 0 aliphatic heterocycles. The molecule has 1 N–H and O–H groups in total. The third kappa shape index (κ3) is 4.88. The van der Waals surface area contributed by atoms with Gasteiger partial charge in [0.05, 0.1) is 10.7 Å². The van der Waals surface area contributed by atoms with Crippen molar-refractivity contribution in [3.05, 3.63) is 134 Å². The first-order valence-electron chi connectivity index (χ1n) is 11.6. The minimum absolute atomic E-state index is 0.140. The Hall–Kier alpha value is -3.93. The summed E-state index contributed by atoms with van der Waals surface area (Å²) in [6.45, 7) is 0.140. The zero-order valence-electron chi connectivity index (χ0n) is 19.5. The summed E-state index contributed by atoms with van der Waals surface area (Å²) in [5, 5.41) is 11.0. The van der Waals surface area contributed by atoms with Gasteiger partial charge in [-0.05, 0) is 41.5 Å². The van der Waals surface area contributed by atoms with Gasteiger partial charge in [0.25, 0.3) is 0 Å². The molecule has 0 radical (unpaired) electrons. The molecule has 0 aromatic heterocycles. The summed E-state index contributed by atoms with van der Waals surface area (Å²) in [6.07, 6.45) is 0.227. The van der Waals surface area contributed by atoms with E-state index < -0.39 is 12.0 Å². The fraction of sp³-hybridized carbons (Fsp3) is 0.100. The number of carbonyl (C=O) groups is 3. The number of nitrogens with zero attached hydrogens (tertiary/aromatic N) is 1. The van der Waals surface area contributed by atoms with Gasteiger partial charge in [0.2, 0.25) is 0 Å². The van der Waals surface area contributed by atoms with Crippen LogP contribution < -0.4 is 4.90 Å². The van der Waals surface area contributed by atoms with Gasteiger partial charge < -0.3 is 10.0 Å². The molecule has 1 atom stereocenters. The number of carboxylic acid groups (broad SMARTS) is 1. The van der Waals surface area contributed by atoms with Gasteiger partial charge in [-0.1, -0.05) is 83.9 Å². The van der Waals surface area contributed by atoms with Gasteiger partial charge in [-0.15, -0.1) is 0 Å². The number of rotatable bonds is 7. The highest BCUT2D eigenvalue weighted by Gasteiger charge is 2.31. The van der Waals surface area contributed by atoms with Crippen molar-refractivity contribution in [1.82, 2.24) is 0 Å². The third-order valence-corrected chi connectivity index (χ3v) is 7.03. The van der Waals surface area contributed by atoms with Gasteiger partial charge in [-0.25, -0.2) is 4.79 Å². The Bertz CT molecular complexity index is 1530. The molecule has 7 heteroatoms. The van der Waals surface area contributed by atoms with Gasteiger partial charge in [-0.3, -0.25) is 9.59 Å². The van der Waals surface area contributed by atoms with Gasteiger partial charge in [0, 0.05) is 40.2 Å². The average Bonchev–Trinajstić information content (AvgIpc) is 2.90. The fourth-order valence-corrected chi connectivity index (χ4v) is 5.20. The normalized spacial score (nSPS) is 13.0. The van der Waals surface area contributed by atoms with Crippen LogP contribution in [0.1, 0.15) is 43.0 Å². The quantitative estimate of drug-likeness (QED) is 0.261. The van der Waals surface area contributed by atoms with Gasteiger partial charge in [-0.2, -0.15) is 0 Å². The molecule has 0 amide bonds. The minimum Gasteiger partial charge on any atom is -0.480 e. The molecular formula is C30H21Cl2NO4. The van der Waals surface area contributed by atoms with Crippen molar-refractivity contribution >= 4 is 46.4 Å². The number of benzene rings is 4. The van der Waals surface area contributed by atoms with E-state index in [1.807, 2.05) is 30.3 Å². The van der Waals surface area contributed by atoms with Crippen LogP contribution >= 0.6 is 23.2 Å². The highest BCUT2D eigenvalue weighted by atomic mass is 35.5. The van der Waals surface area contributed by atoms with Crippen molar-refractivity contribution in [2.45, 2.75) is 19.0 Å². The number of hydrogen-bond donors (Lipinski definition) is 1. The first kappa shape index (κ1) is 24.8. The standard InChI is InChI=1S/C30H21Cl2NO4/c31-20-11-13-26(25(32)16-20)33(27(30(36)37)15-18-6-2-1-3-7-18)17-19-10-12-23-24(14-19)29(35)22-9-5-4-8-21(22)28(23)34/h1-14,16,27H,15,17H2,(H,36,37)/t27-/m0/s1. The summed E-state index contributed by atoms with van der Waals surface area (Å²) in [4.78, 5) is 40.5. The van der Waals surface area contributed by atoms with Crippen molar-refractivity contribution in [3.63, 3.8) is 0 Å². The Morgan fingerprint density at radius 3 is 2.00 bits per heavy atom. The molecular weight excluding hydrogens is 509 g/mol. The van der Waals surface area contributed by atoms with Crippen LogP contribution in [0.2, 0.25) is 10.0 Å². The zero-order chi connectivity index (χ0) is 26.1. The maximum absolute atomic E-state index is 13.2. The van der Waals surface area contributed by atoms with Crippen LogP contribution in [0.4, 0.5) is 5.69 Å². The van der Waals surface area contributed by atoms with Gasteiger partial charge in [0.1, 0.15) is 6.04 Å². The highest BCUT2D eigenvalue weighted by Crippen LogP contribution is 2.34. The van der Waals surface area contributed by atoms with E-state index in [0.717, 1.165) is 5.56 Å². The smallest absolute Gasteiger partial charge is 0.326 e. The number of halogens is 2. The second-order valence-corrected chi connectivity index (χ2v) is 9.69. The summed E-state index contributed by atoms with van der Waals surface area (Å²) < 4.78 is 0. The van der Waals surface area contributed by atoms with Gasteiger partial charge in [0.15, 0.2) is 11.6 Å². The van der Waals surface area contributed by atoms with E-state index in [9.17, 15) is 19.5 Å². The summed E-state index contributed by atoms with van der Waals surface area (Å²) >= 11 is 12.7. The molecule has 0 bridgehead atoms. The first-order chi connectivity index (χ1) is 17.8. The molecule has 0 spiro atoms. The largest absolute Gasteiger partial charge is 0.480 e. The fourth-order valence-electron chi connectivity index (χ4n) is 4.69. The van der Waals surface area contributed by atoms with Crippen LogP contribution in [0, 0.1) is 0 Å². The van der Waals surface area contributed by atoms with Crippen molar-refractivity contribution in [2.24, 2.45) is 0 Å². The van der Waals surface area contributed by atoms with E-state index >= 15 is 0 Å². The van der Waals surface area contributed by atoms with E-state index in [-0.39, 0.29) is 24.5 Å². The predicted octanol–water partition coefficient (Wildman–Crippen LogP) is 6.47. The molecule has 0 fully saturated rings. The SMILES string of the molecule is O=C1c2ccccc2C(=O)c2cc(CN(c3ccc(Cl)cc3Cl)[C@@H](Cc3ccccc3)C(=O)O)ccc21. The maximum atomic E-state index is 13.2. The average molecular weight is 530 g/mol. The number of anilines is 1. The van der Waals surface area contributed by atoms with E-state index in [2.05, 4.69) is 0 Å². The Labute approximate surface area is 223 Å². The predicted molar refractivity (Wildman–Crippen MR) is 144 cm³/mol. The summed E-state index contributed by atoms with van der Waals surface area (Å²) in [5.74, 6) is -1.46. The molecule has 5 rings (SSSR count). The number of carboxylic acids is 1. The Balaban J connectivity index is 1.56. The van der Waals surface area contributed by atoms with Crippen molar-refractivity contribution in [3.8, 4) is 0 Å². The van der Waals surface area contributed by atoms with Crippen LogP contribution in [-0.2, 0) is 17.8 Å². The summed E-state index contributed by atoms with van der Waals surface area (Å²) in [7, 11) is 0. The minimum atomic E-state index is -1.02.